The van der Waals surface area contributed by atoms with Crippen LogP contribution in [-0.4, -0.2) is 54.8 Å². The van der Waals surface area contributed by atoms with Gasteiger partial charge in [-0.1, -0.05) is 186 Å². The Hall–Kier alpha value is -13.8. The maximum atomic E-state index is 7.91. The smallest absolute Gasteiger partial charge is 0.0518 e. The second-order valence-electron chi connectivity index (χ2n) is 27.9. The third-order valence-corrected chi connectivity index (χ3v) is 18.9. The fraction of sp³-hybridized carbons (Fsp3) is 0.0763. The molecule has 0 bridgehead atoms. The first-order valence-electron chi connectivity index (χ1n) is 50.8. The Labute approximate surface area is 865 Å². The van der Waals surface area contributed by atoms with Crippen LogP contribution in [0.3, 0.4) is 0 Å². The molecule has 133 heavy (non-hydrogen) atoms. The average molecular weight is 2460 g/mol. The van der Waals surface area contributed by atoms with Crippen molar-refractivity contribution in [2.45, 2.75) is 60.8 Å². The van der Waals surface area contributed by atoms with Crippen molar-refractivity contribution in [2.75, 3.05) is 0 Å². The van der Waals surface area contributed by atoms with Gasteiger partial charge in [-0.2, -0.15) is 0 Å². The number of rotatable bonds is 14. The minimum Gasteiger partial charge on any atom is -0.305 e. The topological polar surface area (TPSA) is 142 Å². The normalized spacial score (nSPS) is 12.8. The molecule has 0 aliphatic carbocycles. The van der Waals surface area contributed by atoms with Crippen molar-refractivity contribution in [3.63, 3.8) is 0 Å². The third-order valence-electron chi connectivity index (χ3n) is 18.9. The Kier molecular flexibility index (Phi) is 32.4. The fourth-order valence-corrected chi connectivity index (χ4v) is 12.3. The molecule has 0 aliphatic rings. The third kappa shape index (κ3) is 32.9. The molecule has 11 aromatic heterocycles. The van der Waals surface area contributed by atoms with Crippen LogP contribution in [-0.2, 0) is 93.2 Å². The van der Waals surface area contributed by atoms with Gasteiger partial charge in [0.1, 0.15) is 0 Å². The van der Waals surface area contributed by atoms with E-state index in [-0.39, 0.29) is 114 Å². The predicted octanol–water partition coefficient (Wildman–Crippen LogP) is 27.9. The van der Waals surface area contributed by atoms with Gasteiger partial charge in [0.05, 0.1) is 17.1 Å². The molecule has 0 saturated heterocycles. The first kappa shape index (κ1) is 76.9. The van der Waals surface area contributed by atoms with Gasteiger partial charge in [0.15, 0.2) is 0 Å². The number of aryl methyl sites for hydroxylation is 7. The van der Waals surface area contributed by atoms with Crippen LogP contribution in [0.2, 0.25) is 0 Å². The zero-order valence-corrected chi connectivity index (χ0v) is 81.0. The van der Waals surface area contributed by atoms with E-state index in [1.165, 1.54) is 72.1 Å². The summed E-state index contributed by atoms with van der Waals surface area (Å²) in [5.41, 5.74) is 23.3. The van der Waals surface area contributed by atoms with E-state index in [0.29, 0.717) is 17.0 Å². The molecule has 11 heterocycles. The van der Waals surface area contributed by atoms with Crippen LogP contribution in [0.25, 0.3) is 135 Å². The van der Waals surface area contributed by atoms with Crippen molar-refractivity contribution >= 4 is 0 Å². The van der Waals surface area contributed by atoms with Crippen molar-refractivity contribution < 1.29 is 108 Å². The van der Waals surface area contributed by atoms with Crippen LogP contribution in [0.4, 0.5) is 0 Å². The molecule has 9 aromatic carbocycles. The van der Waals surface area contributed by atoms with Gasteiger partial charge in [-0.3, -0.25) is 15.0 Å². The molecule has 0 fully saturated rings. The number of nitrogens with zero attached hydrogens (tertiary/aromatic N) is 11. The van der Waals surface area contributed by atoms with Crippen LogP contribution < -0.4 is 0 Å². The van der Waals surface area contributed by atoms with Gasteiger partial charge in [-0.25, -0.2) is 0 Å². The van der Waals surface area contributed by atoms with Gasteiger partial charge in [-0.05, 0) is 176 Å². The van der Waals surface area contributed by atoms with Crippen molar-refractivity contribution in [1.82, 2.24) is 54.8 Å². The predicted molar refractivity (Wildman–Crippen MR) is 526 cm³/mol. The van der Waals surface area contributed by atoms with Gasteiger partial charge in [0.2, 0.25) is 0 Å². The van der Waals surface area contributed by atoms with Gasteiger partial charge >= 0.3 is 0 Å². The van der Waals surface area contributed by atoms with Gasteiger partial charge in [0, 0.05) is 176 Å². The van der Waals surface area contributed by atoms with Crippen LogP contribution in [0, 0.1) is 82.8 Å². The van der Waals surface area contributed by atoms with E-state index < -0.39 is 47.5 Å². The van der Waals surface area contributed by atoms with Crippen LogP contribution in [0.1, 0.15) is 80.1 Å². The Balaban J connectivity index is 0.000000194. The van der Waals surface area contributed by atoms with E-state index >= 15 is 0 Å². The summed E-state index contributed by atoms with van der Waals surface area (Å²) in [7, 11) is 0. The van der Waals surface area contributed by atoms with Crippen molar-refractivity contribution in [1.29, 1.82) is 0 Å². The summed E-state index contributed by atoms with van der Waals surface area (Å²) in [5, 5.41) is 0. The number of pyridine rings is 11. The maximum Gasteiger partial charge on any atom is 0.0518 e. The van der Waals surface area contributed by atoms with Crippen LogP contribution in [0.15, 0.2) is 426 Å². The first-order chi connectivity index (χ1) is 71.4. The fourth-order valence-electron chi connectivity index (χ4n) is 12.3. The molecule has 666 valence electrons. The molecule has 0 saturated carbocycles. The van der Waals surface area contributed by atoms with Gasteiger partial charge < -0.3 is 39.9 Å². The zero-order chi connectivity index (χ0) is 106. The maximum absolute atomic E-state index is 7.91. The Morgan fingerprint density at radius 3 is 0.865 bits per heavy atom. The number of hydrogen-bond donors (Lipinski definition) is 0. The number of aromatic nitrogens is 11. The van der Waals surface area contributed by atoms with E-state index in [1.54, 1.807) is 110 Å². The summed E-state index contributed by atoms with van der Waals surface area (Å²) >= 11 is 0. The average Bonchev–Trinajstić information content (AvgIpc) is 0.782. The largest absolute Gasteiger partial charge is 0.305 e. The minimum atomic E-state index is -2.76. The molecule has 0 amide bonds. The molecule has 0 N–H and O–H groups in total. The molecular weight excluding hydrogens is 2340 g/mol. The van der Waals surface area contributed by atoms with Gasteiger partial charge in [-0.15, -0.1) is 263 Å². The molecule has 0 aliphatic heterocycles. The number of hydrogen-bond acceptors (Lipinski definition) is 11. The standard InChI is InChI=1S/2C18H15N2.C17H13N2.C17H12N.4C12H10N.4Ir/c2*1-2-14-9-11-20-18(12-14)16-7-5-6-15(13-16)17-8-3-4-10-19-17;1-13-8-10-19-17(11-13)15-6-4-5-14(12-15)16-7-2-3-9-18-16;1-2-6-14(7-3-1)15-9-11-16(12-10-15)17-8-4-5-13-18-17;4*1-10-7-8-12(13-9-10)11-5-3-2-4-6-11;;;;/h2*3-6,8-13H,2H2,1H3;2-5,7-12H,1H3;1-11,13H;4*2-5,7-9H,1H3;;;;/q8*-1;;;;/i1D3,2D2;;1D3;;4*1D3;;;;. The molecule has 20 aromatic rings. The SMILES string of the molecule is CCc1ccnc(-c2[c-]ccc(-c3ccccn3)c2)c1.[2H]C([2H])([2H])C([2H])([2H])c1ccnc(-c2[c-]ccc(-c3ccccn3)c2)c1.[2H]C([2H])([2H])c1ccc(-c2[c-]cccc2)nc1.[2H]C([2H])([2H])c1ccc(-c2[c-]cccc2)nc1.[2H]C([2H])([2H])c1ccc(-c2[c-]cccc2)nc1.[2H]C([2H])([2H])c1ccc(-c2[c-]cccc2)nc1.[2H]C([2H])([2H])c1ccnc(-c2[c-]ccc(-c3ccccn3)c2)c1.[Ir].[Ir].[Ir].[Ir].[c-]1cc(-c2ccccc2)ccc1-c1ccccn1. The Bertz CT molecular complexity index is 7110. The molecule has 0 atom stereocenters. The summed E-state index contributed by atoms with van der Waals surface area (Å²) < 4.78 is 147. The van der Waals surface area contributed by atoms with E-state index in [9.17, 15) is 0 Å². The Morgan fingerprint density at radius 1 is 0.218 bits per heavy atom. The summed E-state index contributed by atoms with van der Waals surface area (Å²) in [6.07, 6.45) is 15.9. The van der Waals surface area contributed by atoms with Crippen molar-refractivity contribution in [2.24, 2.45) is 0 Å². The molecule has 0 spiro atoms. The van der Waals surface area contributed by atoms with E-state index in [2.05, 4.69) is 147 Å². The minimum absolute atomic E-state index is 0. The second kappa shape index (κ2) is 56.1. The van der Waals surface area contributed by atoms with Gasteiger partial charge in [0.25, 0.3) is 0 Å². The molecular formula is C118H95Ir4N11-8. The van der Waals surface area contributed by atoms with Crippen molar-refractivity contribution in [3.05, 3.63) is 514 Å². The monoisotopic (exact) mass is 2460 g/mol. The molecule has 11 nitrogen and oxygen atoms in total. The summed E-state index contributed by atoms with van der Waals surface area (Å²) in [6.45, 7) is -11.1. The molecule has 20 rings (SSSR count). The molecule has 15 heteroatoms. The second-order valence-corrected chi connectivity index (χ2v) is 27.9. The number of benzene rings is 9. The first-order valence-corrected chi connectivity index (χ1v) is 40.8. The molecule has 0 unspecified atom stereocenters. The summed E-state index contributed by atoms with van der Waals surface area (Å²) in [6, 6.07) is 135. The van der Waals surface area contributed by atoms with E-state index in [4.69, 9.17) is 27.4 Å². The summed E-state index contributed by atoms with van der Waals surface area (Å²) in [4.78, 5) is 46.8. The quantitative estimate of drug-likeness (QED) is 0.0960. The molecule has 4 radical (unpaired) electrons. The van der Waals surface area contributed by atoms with E-state index in [0.717, 1.165) is 113 Å². The van der Waals surface area contributed by atoms with E-state index in [1.807, 2.05) is 225 Å². The zero-order valence-electron chi connectivity index (χ0n) is 91.4. The van der Waals surface area contributed by atoms with Crippen LogP contribution in [0.5, 0.6) is 0 Å². The van der Waals surface area contributed by atoms with Crippen molar-refractivity contribution in [3.8, 4) is 135 Å². The summed E-state index contributed by atoms with van der Waals surface area (Å²) in [5.74, 6) is 0. The Morgan fingerprint density at radius 2 is 0.541 bits per heavy atom. The van der Waals surface area contributed by atoms with Crippen LogP contribution >= 0.6 is 0 Å².